The minimum atomic E-state index is -0.119. The van der Waals surface area contributed by atoms with E-state index in [1.807, 2.05) is 41.2 Å². The molecule has 5 heteroatoms. The predicted octanol–water partition coefficient (Wildman–Crippen LogP) is 4.12. The summed E-state index contributed by atoms with van der Waals surface area (Å²) in [4.78, 5) is 13.2. The van der Waals surface area contributed by atoms with Crippen LogP contribution in [0.15, 0.2) is 42.7 Å². The van der Waals surface area contributed by atoms with Crippen molar-refractivity contribution in [2.45, 2.75) is 45.1 Å². The van der Waals surface area contributed by atoms with E-state index in [1.54, 1.807) is 6.20 Å². The molecule has 4 bridgehead atoms. The first-order valence-electron chi connectivity index (χ1n) is 10.2. The number of nitrogens with one attached hydrogen (secondary N) is 1. The second kappa shape index (κ2) is 6.70. The summed E-state index contributed by atoms with van der Waals surface area (Å²) in [6.07, 6.45) is 11.0. The van der Waals surface area contributed by atoms with Crippen LogP contribution in [0.2, 0.25) is 0 Å². The van der Waals surface area contributed by atoms with E-state index in [4.69, 9.17) is 4.74 Å². The lowest BCUT2D eigenvalue weighted by Crippen LogP contribution is -2.51. The Labute approximate surface area is 160 Å². The normalized spacial score (nSPS) is 31.0. The Bertz CT molecular complexity index is 779. The molecular weight excluding hydrogens is 338 g/mol. The molecule has 6 rings (SSSR count). The van der Waals surface area contributed by atoms with Crippen molar-refractivity contribution in [2.75, 3.05) is 11.9 Å². The lowest BCUT2D eigenvalue weighted by atomic mass is 9.49. The van der Waals surface area contributed by atoms with Gasteiger partial charge >= 0.3 is 0 Å². The van der Waals surface area contributed by atoms with Crippen LogP contribution in [0.1, 0.15) is 38.5 Å². The summed E-state index contributed by atoms with van der Waals surface area (Å²) in [5, 5.41) is 7.38. The van der Waals surface area contributed by atoms with Gasteiger partial charge in [0.2, 0.25) is 5.91 Å². The quantitative estimate of drug-likeness (QED) is 0.838. The molecule has 0 unspecified atom stereocenters. The van der Waals surface area contributed by atoms with Crippen molar-refractivity contribution in [3.63, 3.8) is 0 Å². The number of amides is 1. The van der Waals surface area contributed by atoms with Crippen LogP contribution < -0.4 is 10.1 Å². The largest absolute Gasteiger partial charge is 0.492 e. The van der Waals surface area contributed by atoms with Crippen LogP contribution in [0, 0.1) is 23.2 Å². The van der Waals surface area contributed by atoms with E-state index in [9.17, 15) is 4.79 Å². The van der Waals surface area contributed by atoms with E-state index >= 15 is 0 Å². The zero-order valence-electron chi connectivity index (χ0n) is 15.6. The summed E-state index contributed by atoms with van der Waals surface area (Å²) in [6.45, 7) is 1.25. The molecule has 1 aromatic heterocycles. The van der Waals surface area contributed by atoms with Crippen molar-refractivity contribution < 1.29 is 9.53 Å². The van der Waals surface area contributed by atoms with E-state index in [0.717, 1.165) is 48.5 Å². The lowest BCUT2D eigenvalue weighted by Gasteiger charge is -2.55. The van der Waals surface area contributed by atoms with Gasteiger partial charge in [0, 0.05) is 24.1 Å². The summed E-state index contributed by atoms with van der Waals surface area (Å²) >= 11 is 0. The molecule has 4 saturated carbocycles. The van der Waals surface area contributed by atoms with Gasteiger partial charge in [-0.15, -0.1) is 0 Å². The summed E-state index contributed by atoms with van der Waals surface area (Å²) in [7, 11) is 0. The highest BCUT2D eigenvalue weighted by Crippen LogP contribution is 2.60. The van der Waals surface area contributed by atoms with E-state index in [1.165, 1.54) is 19.3 Å². The maximum absolute atomic E-state index is 13.2. The monoisotopic (exact) mass is 365 g/mol. The standard InChI is InChI=1S/C22H27N3O2/c26-21(22-13-16-9-17(14-22)11-18(10-16)15-22)24-19-3-1-4-20(12-19)27-8-7-25-6-2-5-23-25/h1-6,12,16-18H,7-11,13-15H2,(H,24,26). The molecule has 0 spiro atoms. The third-order valence-electron chi connectivity index (χ3n) is 6.76. The SMILES string of the molecule is O=C(Nc1cccc(OCCn2cccn2)c1)C12CC3CC(CC(C3)C1)C2. The molecule has 1 N–H and O–H groups in total. The number of aromatic nitrogens is 2. The molecule has 4 aliphatic rings. The molecule has 4 fully saturated rings. The second-order valence-electron chi connectivity index (χ2n) is 8.80. The Kier molecular flexibility index (Phi) is 4.18. The van der Waals surface area contributed by atoms with Crippen molar-refractivity contribution in [1.82, 2.24) is 9.78 Å². The molecule has 4 aliphatic carbocycles. The van der Waals surface area contributed by atoms with E-state index in [-0.39, 0.29) is 11.3 Å². The van der Waals surface area contributed by atoms with Gasteiger partial charge < -0.3 is 10.1 Å². The molecule has 0 saturated heterocycles. The lowest BCUT2D eigenvalue weighted by molar-refractivity contribution is -0.140. The number of benzene rings is 1. The molecule has 2 aromatic rings. The second-order valence-corrected chi connectivity index (χ2v) is 8.80. The van der Waals surface area contributed by atoms with Gasteiger partial charge in [-0.25, -0.2) is 0 Å². The zero-order chi connectivity index (χ0) is 18.3. The highest BCUT2D eigenvalue weighted by molar-refractivity contribution is 5.95. The number of hydrogen-bond donors (Lipinski definition) is 1. The summed E-state index contributed by atoms with van der Waals surface area (Å²) in [6, 6.07) is 9.67. The third kappa shape index (κ3) is 3.35. The maximum Gasteiger partial charge on any atom is 0.230 e. The summed E-state index contributed by atoms with van der Waals surface area (Å²) < 4.78 is 7.68. The molecule has 142 valence electrons. The van der Waals surface area contributed by atoms with Gasteiger partial charge in [-0.2, -0.15) is 5.10 Å². The highest BCUT2D eigenvalue weighted by Gasteiger charge is 2.54. The van der Waals surface area contributed by atoms with Gasteiger partial charge in [-0.1, -0.05) is 6.07 Å². The predicted molar refractivity (Wildman–Crippen MR) is 103 cm³/mol. The van der Waals surface area contributed by atoms with Gasteiger partial charge in [-0.3, -0.25) is 9.48 Å². The first-order chi connectivity index (χ1) is 13.2. The fourth-order valence-electron chi connectivity index (χ4n) is 6.01. The fraction of sp³-hybridized carbons (Fsp3) is 0.545. The van der Waals surface area contributed by atoms with Gasteiger partial charge in [0.05, 0.1) is 12.0 Å². The summed E-state index contributed by atoms with van der Waals surface area (Å²) in [5.74, 6) is 3.35. The number of nitrogens with zero attached hydrogens (tertiary/aromatic N) is 2. The van der Waals surface area contributed by atoms with Crippen LogP contribution in [-0.2, 0) is 11.3 Å². The van der Waals surface area contributed by atoms with Crippen molar-refractivity contribution in [3.8, 4) is 5.75 Å². The number of hydrogen-bond acceptors (Lipinski definition) is 3. The van der Waals surface area contributed by atoms with Gasteiger partial charge in [0.25, 0.3) is 0 Å². The topological polar surface area (TPSA) is 56.1 Å². The average molecular weight is 365 g/mol. The van der Waals surface area contributed by atoms with E-state index in [0.29, 0.717) is 13.2 Å². The molecular formula is C22H27N3O2. The van der Waals surface area contributed by atoms with Crippen molar-refractivity contribution in [1.29, 1.82) is 0 Å². The van der Waals surface area contributed by atoms with Crippen LogP contribution in [0.25, 0.3) is 0 Å². The number of carbonyl (C=O) groups excluding carboxylic acids is 1. The molecule has 0 radical (unpaired) electrons. The average Bonchev–Trinajstić information content (AvgIpc) is 3.14. The van der Waals surface area contributed by atoms with Crippen LogP contribution in [0.4, 0.5) is 5.69 Å². The van der Waals surface area contributed by atoms with Crippen LogP contribution >= 0.6 is 0 Å². The molecule has 1 heterocycles. The van der Waals surface area contributed by atoms with Gasteiger partial charge in [0.1, 0.15) is 12.4 Å². The first kappa shape index (κ1) is 16.8. The van der Waals surface area contributed by atoms with Crippen LogP contribution in [-0.4, -0.2) is 22.3 Å². The van der Waals surface area contributed by atoms with Gasteiger partial charge in [-0.05, 0) is 74.5 Å². The summed E-state index contributed by atoms with van der Waals surface area (Å²) in [5.41, 5.74) is 0.721. The van der Waals surface area contributed by atoms with Crippen molar-refractivity contribution >= 4 is 11.6 Å². The minimum Gasteiger partial charge on any atom is -0.492 e. The Morgan fingerprint density at radius 3 is 2.56 bits per heavy atom. The Morgan fingerprint density at radius 2 is 1.89 bits per heavy atom. The number of rotatable bonds is 6. The molecule has 1 aromatic carbocycles. The fourth-order valence-corrected chi connectivity index (χ4v) is 6.01. The van der Waals surface area contributed by atoms with E-state index in [2.05, 4.69) is 10.4 Å². The maximum atomic E-state index is 13.2. The Hall–Kier alpha value is -2.30. The molecule has 0 atom stereocenters. The number of carbonyl (C=O) groups is 1. The minimum absolute atomic E-state index is 0.119. The third-order valence-corrected chi connectivity index (χ3v) is 6.76. The molecule has 5 nitrogen and oxygen atoms in total. The Balaban J connectivity index is 1.22. The zero-order valence-corrected chi connectivity index (χ0v) is 15.6. The highest BCUT2D eigenvalue weighted by atomic mass is 16.5. The molecule has 0 aliphatic heterocycles. The molecule has 1 amide bonds. The van der Waals surface area contributed by atoms with Crippen LogP contribution in [0.5, 0.6) is 5.75 Å². The number of anilines is 1. The first-order valence-corrected chi connectivity index (χ1v) is 10.2. The van der Waals surface area contributed by atoms with Crippen molar-refractivity contribution in [2.24, 2.45) is 23.2 Å². The Morgan fingerprint density at radius 1 is 1.15 bits per heavy atom. The number of ether oxygens (including phenoxy) is 1. The molecule has 27 heavy (non-hydrogen) atoms. The van der Waals surface area contributed by atoms with Crippen LogP contribution in [0.3, 0.4) is 0 Å². The van der Waals surface area contributed by atoms with Gasteiger partial charge in [0.15, 0.2) is 0 Å². The smallest absolute Gasteiger partial charge is 0.230 e. The van der Waals surface area contributed by atoms with E-state index < -0.39 is 0 Å². The van der Waals surface area contributed by atoms with Crippen molar-refractivity contribution in [3.05, 3.63) is 42.7 Å².